The number of hydrogen-bond donors (Lipinski definition) is 3. The number of nitrogens with one attached hydrogen (secondary N) is 1. The highest BCUT2D eigenvalue weighted by atomic mass is 19.1. The van der Waals surface area contributed by atoms with E-state index in [1.165, 1.54) is 34.9 Å². The lowest BCUT2D eigenvalue weighted by molar-refractivity contribution is -0.124. The Balaban J connectivity index is 2.00. The lowest BCUT2D eigenvalue weighted by Crippen LogP contribution is -2.54. The summed E-state index contributed by atoms with van der Waals surface area (Å²) in [5.41, 5.74) is -0.971. The number of halogens is 1. The summed E-state index contributed by atoms with van der Waals surface area (Å²) in [5, 5.41) is 20.8. The van der Waals surface area contributed by atoms with Gasteiger partial charge in [0.15, 0.2) is 0 Å². The molecule has 0 unspecified atom stereocenters. The summed E-state index contributed by atoms with van der Waals surface area (Å²) < 4.78 is 13.8. The molecule has 1 aromatic rings. The van der Waals surface area contributed by atoms with Crippen molar-refractivity contribution in [2.24, 2.45) is 0 Å². The average Bonchev–Trinajstić information content (AvgIpc) is 2.88. The number of urea groups is 1. The van der Waals surface area contributed by atoms with Crippen LogP contribution in [0.3, 0.4) is 0 Å². The second-order valence-corrected chi connectivity index (χ2v) is 5.73. The zero-order valence-electron chi connectivity index (χ0n) is 12.8. The Hall–Kier alpha value is -2.19. The maximum absolute atomic E-state index is 13.8. The molecule has 1 heterocycles. The molecule has 2 rings (SSSR count). The highest BCUT2D eigenvalue weighted by molar-refractivity contribution is 5.96. The summed E-state index contributed by atoms with van der Waals surface area (Å²) in [6.07, 6.45) is 0. The van der Waals surface area contributed by atoms with E-state index >= 15 is 0 Å². The average molecular weight is 325 g/mol. The summed E-state index contributed by atoms with van der Waals surface area (Å²) in [6, 6.07) is 5.49. The third-order valence-corrected chi connectivity index (χ3v) is 3.71. The van der Waals surface area contributed by atoms with Crippen molar-refractivity contribution >= 4 is 17.6 Å². The smallest absolute Gasteiger partial charge is 0.325 e. The van der Waals surface area contributed by atoms with Gasteiger partial charge in [-0.25, -0.2) is 9.18 Å². The summed E-state index contributed by atoms with van der Waals surface area (Å²) in [7, 11) is 0. The first kappa shape index (κ1) is 17.2. The number of amides is 3. The molecule has 0 aromatic heterocycles. The van der Waals surface area contributed by atoms with Gasteiger partial charge in [-0.3, -0.25) is 9.69 Å². The van der Waals surface area contributed by atoms with Gasteiger partial charge in [0, 0.05) is 13.1 Å². The van der Waals surface area contributed by atoms with E-state index in [4.69, 9.17) is 10.2 Å². The van der Waals surface area contributed by atoms with Crippen LogP contribution in [0.4, 0.5) is 14.9 Å². The van der Waals surface area contributed by atoms with E-state index in [9.17, 15) is 14.0 Å². The Morgan fingerprint density at radius 3 is 2.57 bits per heavy atom. The van der Waals surface area contributed by atoms with Crippen molar-refractivity contribution < 1.29 is 24.2 Å². The van der Waals surface area contributed by atoms with Crippen LogP contribution < -0.4 is 10.2 Å². The molecule has 126 valence electrons. The molecule has 23 heavy (non-hydrogen) atoms. The van der Waals surface area contributed by atoms with Crippen molar-refractivity contribution in [1.29, 1.82) is 0 Å². The van der Waals surface area contributed by atoms with E-state index in [1.54, 1.807) is 6.07 Å². The number of aliphatic hydroxyl groups is 2. The minimum absolute atomic E-state index is 0.177. The fraction of sp³-hybridized carbons (Fsp3) is 0.467. The minimum Gasteiger partial charge on any atom is -0.394 e. The number of aliphatic hydroxyl groups excluding tert-OH is 2. The normalized spacial score (nSPS) is 15.2. The number of anilines is 1. The highest BCUT2D eigenvalue weighted by Gasteiger charge is 2.33. The molecule has 8 heteroatoms. The predicted octanol–water partition coefficient (Wildman–Crippen LogP) is -0.0728. The molecular formula is C15H20FN3O4. The Morgan fingerprint density at radius 1 is 1.30 bits per heavy atom. The Bertz CT molecular complexity index is 592. The van der Waals surface area contributed by atoms with Crippen LogP contribution in [-0.4, -0.2) is 65.4 Å². The standard InChI is InChI=1S/C15H20FN3O4/c1-15(9-20,10-21)17-13(22)8-18-6-7-19(14(18)23)12-5-3-2-4-11(12)16/h2-5,20-21H,6-10H2,1H3,(H,17,22). The molecular weight excluding hydrogens is 305 g/mol. The SMILES string of the molecule is CC(CO)(CO)NC(=O)CN1CCN(c2ccccc2F)C1=O. The van der Waals surface area contributed by atoms with Gasteiger partial charge in [0.25, 0.3) is 0 Å². The van der Waals surface area contributed by atoms with E-state index in [1.807, 2.05) is 0 Å². The van der Waals surface area contributed by atoms with Crippen molar-refractivity contribution in [2.75, 3.05) is 37.7 Å². The molecule has 0 bridgehead atoms. The molecule has 1 aliphatic heterocycles. The monoisotopic (exact) mass is 325 g/mol. The van der Waals surface area contributed by atoms with Crippen LogP contribution >= 0.6 is 0 Å². The van der Waals surface area contributed by atoms with Crippen molar-refractivity contribution in [2.45, 2.75) is 12.5 Å². The van der Waals surface area contributed by atoms with E-state index in [0.717, 1.165) is 0 Å². The number of rotatable bonds is 6. The van der Waals surface area contributed by atoms with E-state index in [0.29, 0.717) is 0 Å². The third kappa shape index (κ3) is 3.77. The number of benzene rings is 1. The van der Waals surface area contributed by atoms with Gasteiger partial charge in [0.2, 0.25) is 5.91 Å². The first-order valence-corrected chi connectivity index (χ1v) is 7.24. The molecule has 3 amide bonds. The largest absolute Gasteiger partial charge is 0.394 e. The van der Waals surface area contributed by atoms with Crippen molar-refractivity contribution in [3.05, 3.63) is 30.1 Å². The predicted molar refractivity (Wildman–Crippen MR) is 81.4 cm³/mol. The second-order valence-electron chi connectivity index (χ2n) is 5.73. The first-order valence-electron chi connectivity index (χ1n) is 7.24. The highest BCUT2D eigenvalue weighted by Crippen LogP contribution is 2.23. The number of hydrogen-bond acceptors (Lipinski definition) is 4. The maximum atomic E-state index is 13.8. The Morgan fingerprint density at radius 2 is 1.96 bits per heavy atom. The van der Waals surface area contributed by atoms with Gasteiger partial charge < -0.3 is 20.4 Å². The molecule has 0 radical (unpaired) electrons. The molecule has 3 N–H and O–H groups in total. The van der Waals surface area contributed by atoms with Crippen LogP contribution in [0.1, 0.15) is 6.92 Å². The zero-order valence-corrected chi connectivity index (χ0v) is 12.8. The van der Waals surface area contributed by atoms with Crippen LogP contribution in [0.25, 0.3) is 0 Å². The minimum atomic E-state index is -1.15. The van der Waals surface area contributed by atoms with Crippen LogP contribution in [-0.2, 0) is 4.79 Å². The Kier molecular flexibility index (Phi) is 5.17. The van der Waals surface area contributed by atoms with Crippen molar-refractivity contribution in [1.82, 2.24) is 10.2 Å². The van der Waals surface area contributed by atoms with Crippen molar-refractivity contribution in [3.63, 3.8) is 0 Å². The van der Waals surface area contributed by atoms with Gasteiger partial charge in [-0.1, -0.05) is 12.1 Å². The quantitative estimate of drug-likeness (QED) is 0.682. The lowest BCUT2D eigenvalue weighted by Gasteiger charge is -2.27. The summed E-state index contributed by atoms with van der Waals surface area (Å²) >= 11 is 0. The van der Waals surface area contributed by atoms with Crippen LogP contribution in [0.15, 0.2) is 24.3 Å². The second kappa shape index (κ2) is 6.93. The summed E-state index contributed by atoms with van der Waals surface area (Å²) in [6.45, 7) is 0.983. The number of para-hydroxylation sites is 1. The molecule has 1 saturated heterocycles. The fourth-order valence-corrected chi connectivity index (χ4v) is 2.30. The number of carbonyl (C=O) groups is 2. The van der Waals surface area contributed by atoms with Gasteiger partial charge >= 0.3 is 6.03 Å². The van der Waals surface area contributed by atoms with Crippen LogP contribution in [0, 0.1) is 5.82 Å². The molecule has 7 nitrogen and oxygen atoms in total. The van der Waals surface area contributed by atoms with Crippen LogP contribution in [0.5, 0.6) is 0 Å². The van der Waals surface area contributed by atoms with Crippen molar-refractivity contribution in [3.8, 4) is 0 Å². The third-order valence-electron chi connectivity index (χ3n) is 3.71. The molecule has 0 spiro atoms. The lowest BCUT2D eigenvalue weighted by atomic mass is 10.1. The van der Waals surface area contributed by atoms with Gasteiger partial charge in [-0.05, 0) is 19.1 Å². The first-order chi connectivity index (χ1) is 10.9. The molecule has 0 saturated carbocycles. The van der Waals surface area contributed by atoms with E-state index in [-0.39, 0.29) is 25.3 Å². The summed E-state index contributed by atoms with van der Waals surface area (Å²) in [5.74, 6) is -1.00. The van der Waals surface area contributed by atoms with Gasteiger partial charge in [0.1, 0.15) is 12.4 Å². The zero-order chi connectivity index (χ0) is 17.0. The molecule has 0 aliphatic carbocycles. The number of carbonyl (C=O) groups excluding carboxylic acids is 2. The van der Waals surface area contributed by atoms with Gasteiger partial charge in [0.05, 0.1) is 24.4 Å². The van der Waals surface area contributed by atoms with E-state index in [2.05, 4.69) is 5.32 Å². The number of nitrogens with zero attached hydrogens (tertiary/aromatic N) is 2. The maximum Gasteiger partial charge on any atom is 0.325 e. The summed E-state index contributed by atoms with van der Waals surface area (Å²) in [4.78, 5) is 26.8. The van der Waals surface area contributed by atoms with Gasteiger partial charge in [-0.2, -0.15) is 0 Å². The molecule has 1 aliphatic rings. The molecule has 0 atom stereocenters. The van der Waals surface area contributed by atoms with Gasteiger partial charge in [-0.15, -0.1) is 0 Å². The van der Waals surface area contributed by atoms with Crippen LogP contribution in [0.2, 0.25) is 0 Å². The fourth-order valence-electron chi connectivity index (χ4n) is 2.30. The Labute approximate surface area is 133 Å². The molecule has 1 aromatic carbocycles. The van der Waals surface area contributed by atoms with E-state index < -0.39 is 36.5 Å². The topological polar surface area (TPSA) is 93.1 Å². The molecule has 1 fully saturated rings.